The van der Waals surface area contributed by atoms with Crippen LogP contribution in [0.3, 0.4) is 0 Å². The van der Waals surface area contributed by atoms with E-state index in [0.29, 0.717) is 29.7 Å². The van der Waals surface area contributed by atoms with Gasteiger partial charge in [0, 0.05) is 23.9 Å². The largest absolute Gasteiger partial charge is 0.396 e. The first-order chi connectivity index (χ1) is 12.1. The summed E-state index contributed by atoms with van der Waals surface area (Å²) in [6, 6.07) is 14.3. The molecule has 0 saturated carbocycles. The standard InChI is InChI=1S/C19H20N2O4/c22-12-4-6-14-5-3-8-16(13-14)19(24)20-17-9-2-1-7-15(17)10-11-18(23)21-25/h1-3,5,7-11,13,22,25H,4,6,12H2,(H,20,24)(H,21,23). The first-order valence-electron chi connectivity index (χ1n) is 7.86. The van der Waals surface area contributed by atoms with Gasteiger partial charge in [0.1, 0.15) is 0 Å². The van der Waals surface area contributed by atoms with Gasteiger partial charge in [-0.2, -0.15) is 0 Å². The van der Waals surface area contributed by atoms with E-state index in [0.717, 1.165) is 5.56 Å². The van der Waals surface area contributed by atoms with Gasteiger partial charge < -0.3 is 10.4 Å². The summed E-state index contributed by atoms with van der Waals surface area (Å²) in [6.45, 7) is 0.109. The number of hydrogen-bond acceptors (Lipinski definition) is 4. The smallest absolute Gasteiger partial charge is 0.267 e. The first kappa shape index (κ1) is 18.4. The van der Waals surface area contributed by atoms with Gasteiger partial charge in [0.25, 0.3) is 11.8 Å². The predicted octanol–water partition coefficient (Wildman–Crippen LogP) is 2.38. The van der Waals surface area contributed by atoms with Gasteiger partial charge in [-0.25, -0.2) is 5.48 Å². The van der Waals surface area contributed by atoms with E-state index in [-0.39, 0.29) is 12.5 Å². The van der Waals surface area contributed by atoms with Crippen LogP contribution in [0.4, 0.5) is 5.69 Å². The lowest BCUT2D eigenvalue weighted by Gasteiger charge is -2.09. The fraction of sp³-hybridized carbons (Fsp3) is 0.158. The van der Waals surface area contributed by atoms with Crippen molar-refractivity contribution in [1.82, 2.24) is 5.48 Å². The Morgan fingerprint density at radius 2 is 1.88 bits per heavy atom. The van der Waals surface area contributed by atoms with Crippen molar-refractivity contribution in [2.75, 3.05) is 11.9 Å². The molecule has 2 amide bonds. The molecule has 2 aromatic carbocycles. The molecule has 2 rings (SSSR count). The maximum atomic E-state index is 12.5. The molecule has 6 heteroatoms. The minimum Gasteiger partial charge on any atom is -0.396 e. The van der Waals surface area contributed by atoms with Crippen LogP contribution in [0.2, 0.25) is 0 Å². The van der Waals surface area contributed by atoms with Gasteiger partial charge in [0.15, 0.2) is 0 Å². The Morgan fingerprint density at radius 3 is 2.64 bits per heavy atom. The molecule has 0 heterocycles. The number of para-hydroxylation sites is 1. The van der Waals surface area contributed by atoms with Crippen LogP contribution >= 0.6 is 0 Å². The molecule has 0 aliphatic carbocycles. The monoisotopic (exact) mass is 340 g/mol. The summed E-state index contributed by atoms with van der Waals surface area (Å²) in [6.07, 6.45) is 4.01. The topological polar surface area (TPSA) is 98.7 Å². The number of hydrogen-bond donors (Lipinski definition) is 4. The van der Waals surface area contributed by atoms with E-state index in [4.69, 9.17) is 10.3 Å². The van der Waals surface area contributed by atoms with Crippen LogP contribution < -0.4 is 10.8 Å². The lowest BCUT2D eigenvalue weighted by atomic mass is 10.1. The minimum absolute atomic E-state index is 0.109. The van der Waals surface area contributed by atoms with Crippen molar-refractivity contribution >= 4 is 23.6 Å². The second kappa shape index (κ2) is 9.36. The number of anilines is 1. The molecular formula is C19H20N2O4. The maximum Gasteiger partial charge on any atom is 0.267 e. The molecule has 0 saturated heterocycles. The summed E-state index contributed by atoms with van der Waals surface area (Å²) >= 11 is 0. The third-order valence-corrected chi connectivity index (χ3v) is 3.55. The highest BCUT2D eigenvalue weighted by Crippen LogP contribution is 2.18. The molecule has 0 aliphatic heterocycles. The molecular weight excluding hydrogens is 320 g/mol. The van der Waals surface area contributed by atoms with Crippen LogP contribution in [0.15, 0.2) is 54.6 Å². The summed E-state index contributed by atoms with van der Waals surface area (Å²) in [4.78, 5) is 23.6. The van der Waals surface area contributed by atoms with Crippen LogP contribution in [0, 0.1) is 0 Å². The van der Waals surface area contributed by atoms with Crippen molar-refractivity contribution < 1.29 is 19.9 Å². The van der Waals surface area contributed by atoms with E-state index in [1.165, 1.54) is 17.6 Å². The molecule has 130 valence electrons. The van der Waals surface area contributed by atoms with Crippen molar-refractivity contribution in [3.05, 3.63) is 71.3 Å². The van der Waals surface area contributed by atoms with Crippen molar-refractivity contribution in [3.63, 3.8) is 0 Å². The Balaban J connectivity index is 2.15. The highest BCUT2D eigenvalue weighted by molar-refractivity contribution is 6.05. The number of hydroxylamine groups is 1. The summed E-state index contributed by atoms with van der Waals surface area (Å²) < 4.78 is 0. The number of aryl methyl sites for hydroxylation is 1. The molecule has 0 atom stereocenters. The number of nitrogens with one attached hydrogen (secondary N) is 2. The molecule has 0 aromatic heterocycles. The second-order valence-corrected chi connectivity index (χ2v) is 5.38. The summed E-state index contributed by atoms with van der Waals surface area (Å²) in [5.74, 6) is -0.920. The van der Waals surface area contributed by atoms with E-state index < -0.39 is 5.91 Å². The molecule has 4 N–H and O–H groups in total. The number of benzene rings is 2. The Hall–Kier alpha value is -2.96. The highest BCUT2D eigenvalue weighted by atomic mass is 16.5. The molecule has 0 unspecified atom stereocenters. The average Bonchev–Trinajstić information content (AvgIpc) is 2.65. The van der Waals surface area contributed by atoms with Crippen molar-refractivity contribution in [1.29, 1.82) is 0 Å². The highest BCUT2D eigenvalue weighted by Gasteiger charge is 2.09. The van der Waals surface area contributed by atoms with Gasteiger partial charge in [-0.1, -0.05) is 30.3 Å². The Bertz CT molecular complexity index is 772. The lowest BCUT2D eigenvalue weighted by molar-refractivity contribution is -0.124. The quantitative estimate of drug-likeness (QED) is 0.353. The van der Waals surface area contributed by atoms with Gasteiger partial charge in [0.2, 0.25) is 0 Å². The van der Waals surface area contributed by atoms with E-state index >= 15 is 0 Å². The first-order valence-corrected chi connectivity index (χ1v) is 7.86. The fourth-order valence-electron chi connectivity index (χ4n) is 2.30. The van der Waals surface area contributed by atoms with Gasteiger partial charge in [-0.05, 0) is 48.2 Å². The van der Waals surface area contributed by atoms with E-state index in [9.17, 15) is 9.59 Å². The lowest BCUT2D eigenvalue weighted by Crippen LogP contribution is -2.15. The molecule has 25 heavy (non-hydrogen) atoms. The van der Waals surface area contributed by atoms with Gasteiger partial charge in [-0.3, -0.25) is 14.8 Å². The normalized spacial score (nSPS) is 10.6. The van der Waals surface area contributed by atoms with Crippen LogP contribution in [-0.2, 0) is 11.2 Å². The molecule has 2 aromatic rings. The van der Waals surface area contributed by atoms with Crippen LogP contribution in [0.5, 0.6) is 0 Å². The Labute approximate surface area is 145 Å². The molecule has 0 spiro atoms. The molecule has 0 aliphatic rings. The number of aliphatic hydroxyl groups excluding tert-OH is 1. The Morgan fingerprint density at radius 1 is 1.08 bits per heavy atom. The number of aliphatic hydroxyl groups is 1. The van der Waals surface area contributed by atoms with Gasteiger partial charge >= 0.3 is 0 Å². The SMILES string of the molecule is O=C(C=Cc1ccccc1NC(=O)c1cccc(CCCO)c1)NO. The average molecular weight is 340 g/mol. The van der Waals surface area contributed by atoms with E-state index in [1.807, 2.05) is 6.07 Å². The number of carbonyl (C=O) groups excluding carboxylic acids is 2. The van der Waals surface area contributed by atoms with E-state index in [2.05, 4.69) is 5.32 Å². The van der Waals surface area contributed by atoms with Gasteiger partial charge in [0.05, 0.1) is 0 Å². The Kier molecular flexibility index (Phi) is 6.88. The maximum absolute atomic E-state index is 12.5. The number of rotatable bonds is 7. The molecule has 6 nitrogen and oxygen atoms in total. The minimum atomic E-state index is -0.655. The van der Waals surface area contributed by atoms with Gasteiger partial charge in [-0.15, -0.1) is 0 Å². The van der Waals surface area contributed by atoms with Crippen LogP contribution in [0.25, 0.3) is 6.08 Å². The zero-order chi connectivity index (χ0) is 18.1. The summed E-state index contributed by atoms with van der Waals surface area (Å²) in [5.41, 5.74) is 4.20. The molecule has 0 radical (unpaired) electrons. The second-order valence-electron chi connectivity index (χ2n) is 5.38. The third kappa shape index (κ3) is 5.56. The summed E-state index contributed by atoms with van der Waals surface area (Å²) in [5, 5.41) is 20.3. The zero-order valence-electron chi connectivity index (χ0n) is 13.6. The molecule has 0 fully saturated rings. The molecule has 0 bridgehead atoms. The number of amides is 2. The van der Waals surface area contributed by atoms with E-state index in [1.54, 1.807) is 42.5 Å². The van der Waals surface area contributed by atoms with Crippen molar-refractivity contribution in [2.24, 2.45) is 0 Å². The van der Waals surface area contributed by atoms with Crippen molar-refractivity contribution in [3.8, 4) is 0 Å². The summed E-state index contributed by atoms with van der Waals surface area (Å²) in [7, 11) is 0. The predicted molar refractivity (Wildman–Crippen MR) is 95.2 cm³/mol. The zero-order valence-corrected chi connectivity index (χ0v) is 13.6. The number of carbonyl (C=O) groups is 2. The van der Waals surface area contributed by atoms with Crippen LogP contribution in [-0.4, -0.2) is 28.7 Å². The van der Waals surface area contributed by atoms with Crippen molar-refractivity contribution in [2.45, 2.75) is 12.8 Å². The van der Waals surface area contributed by atoms with Crippen LogP contribution in [0.1, 0.15) is 27.9 Å². The fourth-order valence-corrected chi connectivity index (χ4v) is 2.30. The third-order valence-electron chi connectivity index (χ3n) is 3.55.